The Balaban J connectivity index is 2.08. The zero-order valence-electron chi connectivity index (χ0n) is 10.1. The molecule has 0 unspecified atom stereocenters. The number of benzene rings is 2. The molecule has 2 heteroatoms. The third-order valence-corrected chi connectivity index (χ3v) is 3.88. The predicted octanol–water partition coefficient (Wildman–Crippen LogP) is 3.41. The Bertz CT molecular complexity index is 720. The summed E-state index contributed by atoms with van der Waals surface area (Å²) >= 11 is 0. The summed E-state index contributed by atoms with van der Waals surface area (Å²) in [5.41, 5.74) is 3.12. The van der Waals surface area contributed by atoms with Gasteiger partial charge in [0, 0.05) is 23.8 Å². The van der Waals surface area contributed by atoms with Gasteiger partial charge in [-0.1, -0.05) is 30.3 Å². The maximum absolute atomic E-state index is 10.5. The molecule has 1 N–H and O–H groups in total. The Morgan fingerprint density at radius 3 is 2.50 bits per heavy atom. The zero-order valence-corrected chi connectivity index (χ0v) is 10.1. The van der Waals surface area contributed by atoms with Crippen molar-refractivity contribution in [2.45, 2.75) is 12.8 Å². The number of aliphatic hydroxyl groups excluding tert-OH is 1. The molecule has 0 aromatic heterocycles. The van der Waals surface area contributed by atoms with Gasteiger partial charge in [-0.3, -0.25) is 0 Å². The highest BCUT2D eigenvalue weighted by atomic mass is 16.3. The molecule has 2 nitrogen and oxygen atoms in total. The fraction of sp³-hybridized carbons (Fsp3) is 0.188. The van der Waals surface area contributed by atoms with E-state index in [1.54, 1.807) is 0 Å². The Kier molecular flexibility index (Phi) is 1.90. The first-order valence-electron chi connectivity index (χ1n) is 6.42. The SMILES string of the molecule is OC1=C([N+]2=CCCC2)c2cccc3cccc1c23. The van der Waals surface area contributed by atoms with E-state index in [4.69, 9.17) is 0 Å². The Hall–Kier alpha value is -2.09. The third-order valence-electron chi connectivity index (χ3n) is 3.88. The summed E-state index contributed by atoms with van der Waals surface area (Å²) in [7, 11) is 0. The van der Waals surface area contributed by atoms with E-state index in [9.17, 15) is 5.11 Å². The molecule has 0 atom stereocenters. The molecule has 2 aromatic carbocycles. The Morgan fingerprint density at radius 2 is 1.78 bits per heavy atom. The van der Waals surface area contributed by atoms with Gasteiger partial charge in [0.05, 0.1) is 5.56 Å². The summed E-state index contributed by atoms with van der Waals surface area (Å²) in [4.78, 5) is 0. The van der Waals surface area contributed by atoms with Gasteiger partial charge in [-0.2, -0.15) is 4.58 Å². The number of aliphatic hydroxyl groups is 1. The maximum Gasteiger partial charge on any atom is 0.255 e. The molecular formula is C16H14NO+. The van der Waals surface area contributed by atoms with Crippen LogP contribution in [0, 0.1) is 0 Å². The van der Waals surface area contributed by atoms with Crippen LogP contribution in [0.25, 0.3) is 22.2 Å². The van der Waals surface area contributed by atoms with Gasteiger partial charge < -0.3 is 5.11 Å². The largest absolute Gasteiger partial charge is 0.502 e. The summed E-state index contributed by atoms with van der Waals surface area (Å²) < 4.78 is 2.20. The van der Waals surface area contributed by atoms with Crippen molar-refractivity contribution in [2.75, 3.05) is 6.54 Å². The zero-order chi connectivity index (χ0) is 12.1. The van der Waals surface area contributed by atoms with Gasteiger partial charge in [0.15, 0.2) is 5.76 Å². The highest BCUT2D eigenvalue weighted by molar-refractivity contribution is 6.10. The van der Waals surface area contributed by atoms with E-state index in [-0.39, 0.29) is 0 Å². The van der Waals surface area contributed by atoms with Crippen molar-refractivity contribution in [2.24, 2.45) is 0 Å². The summed E-state index contributed by atoms with van der Waals surface area (Å²) in [6, 6.07) is 12.4. The van der Waals surface area contributed by atoms with Gasteiger partial charge in [-0.05, 0) is 11.5 Å². The second-order valence-electron chi connectivity index (χ2n) is 4.92. The first-order valence-corrected chi connectivity index (χ1v) is 6.42. The van der Waals surface area contributed by atoms with Crippen molar-refractivity contribution in [1.29, 1.82) is 0 Å². The number of nitrogens with zero attached hydrogens (tertiary/aromatic N) is 1. The lowest BCUT2D eigenvalue weighted by Crippen LogP contribution is -2.07. The Labute approximate surface area is 106 Å². The average molecular weight is 236 g/mol. The van der Waals surface area contributed by atoms with Crippen LogP contribution in [-0.4, -0.2) is 22.4 Å². The van der Waals surface area contributed by atoms with E-state index in [1.807, 2.05) is 12.1 Å². The van der Waals surface area contributed by atoms with Gasteiger partial charge >= 0.3 is 0 Å². The van der Waals surface area contributed by atoms with E-state index in [2.05, 4.69) is 35.1 Å². The fourth-order valence-electron chi connectivity index (χ4n) is 3.08. The molecule has 0 fully saturated rings. The minimum Gasteiger partial charge on any atom is -0.502 e. The first-order chi connectivity index (χ1) is 8.86. The molecule has 1 aliphatic carbocycles. The van der Waals surface area contributed by atoms with E-state index in [0.717, 1.165) is 24.2 Å². The van der Waals surface area contributed by atoms with Crippen LogP contribution in [0.1, 0.15) is 24.0 Å². The van der Waals surface area contributed by atoms with E-state index in [1.165, 1.54) is 22.8 Å². The molecule has 1 heterocycles. The van der Waals surface area contributed by atoms with Gasteiger partial charge in [0.25, 0.3) is 5.70 Å². The van der Waals surface area contributed by atoms with Crippen LogP contribution in [0.15, 0.2) is 36.4 Å². The third kappa shape index (κ3) is 1.15. The van der Waals surface area contributed by atoms with Gasteiger partial charge in [-0.15, -0.1) is 0 Å². The second kappa shape index (κ2) is 3.45. The van der Waals surface area contributed by atoms with Crippen LogP contribution in [0.2, 0.25) is 0 Å². The summed E-state index contributed by atoms with van der Waals surface area (Å²) in [5.74, 6) is 0.431. The van der Waals surface area contributed by atoms with E-state index in [0.29, 0.717) is 5.76 Å². The number of hydrogen-bond acceptors (Lipinski definition) is 1. The van der Waals surface area contributed by atoms with Crippen LogP contribution in [0.3, 0.4) is 0 Å². The lowest BCUT2D eigenvalue weighted by atomic mass is 10.0. The molecule has 88 valence electrons. The highest BCUT2D eigenvalue weighted by Crippen LogP contribution is 2.41. The van der Waals surface area contributed by atoms with E-state index >= 15 is 0 Å². The van der Waals surface area contributed by atoms with Crippen molar-refractivity contribution < 1.29 is 9.68 Å². The minimum atomic E-state index is 0.431. The molecular weight excluding hydrogens is 222 g/mol. The molecule has 18 heavy (non-hydrogen) atoms. The highest BCUT2D eigenvalue weighted by Gasteiger charge is 2.32. The molecule has 1 aliphatic heterocycles. The van der Waals surface area contributed by atoms with Crippen molar-refractivity contribution >= 4 is 28.4 Å². The molecule has 2 aliphatic rings. The Morgan fingerprint density at radius 1 is 1.00 bits per heavy atom. The van der Waals surface area contributed by atoms with Crippen molar-refractivity contribution in [3.8, 4) is 0 Å². The predicted molar refractivity (Wildman–Crippen MR) is 73.8 cm³/mol. The van der Waals surface area contributed by atoms with Crippen LogP contribution in [0.4, 0.5) is 0 Å². The summed E-state index contributed by atoms with van der Waals surface area (Å²) in [6.07, 6.45) is 4.46. The quantitative estimate of drug-likeness (QED) is 0.753. The van der Waals surface area contributed by atoms with Crippen LogP contribution < -0.4 is 0 Å². The fourth-order valence-corrected chi connectivity index (χ4v) is 3.08. The van der Waals surface area contributed by atoms with Crippen molar-refractivity contribution in [3.05, 3.63) is 47.5 Å². The van der Waals surface area contributed by atoms with Gasteiger partial charge in [-0.25, -0.2) is 0 Å². The summed E-state index contributed by atoms with van der Waals surface area (Å²) in [5, 5.41) is 12.9. The molecule has 4 rings (SSSR count). The topological polar surface area (TPSA) is 23.2 Å². The number of hydrogen-bond donors (Lipinski definition) is 1. The summed E-state index contributed by atoms with van der Waals surface area (Å²) in [6.45, 7) is 1.00. The van der Waals surface area contributed by atoms with Crippen LogP contribution in [0.5, 0.6) is 0 Å². The van der Waals surface area contributed by atoms with Crippen LogP contribution >= 0.6 is 0 Å². The second-order valence-corrected chi connectivity index (χ2v) is 4.92. The normalized spacial score (nSPS) is 17.7. The van der Waals surface area contributed by atoms with Crippen molar-refractivity contribution in [1.82, 2.24) is 0 Å². The lowest BCUT2D eigenvalue weighted by Gasteiger charge is -2.01. The van der Waals surface area contributed by atoms with Gasteiger partial charge in [0.2, 0.25) is 0 Å². The minimum absolute atomic E-state index is 0.431. The molecule has 0 amide bonds. The standard InChI is InChI=1S/C16H13NO/c18-16-13-8-4-6-11-5-3-7-12(14(11)13)15(16)17-9-1-2-10-17/h3-9H,1-2,10H2/p+1. The molecule has 0 spiro atoms. The molecule has 0 saturated carbocycles. The molecule has 2 aromatic rings. The monoisotopic (exact) mass is 236 g/mol. The van der Waals surface area contributed by atoms with Crippen molar-refractivity contribution in [3.63, 3.8) is 0 Å². The van der Waals surface area contributed by atoms with E-state index < -0.39 is 0 Å². The molecule has 0 radical (unpaired) electrons. The maximum atomic E-state index is 10.5. The number of rotatable bonds is 1. The molecule has 0 bridgehead atoms. The smallest absolute Gasteiger partial charge is 0.255 e. The van der Waals surface area contributed by atoms with Gasteiger partial charge in [0.1, 0.15) is 12.8 Å². The lowest BCUT2D eigenvalue weighted by molar-refractivity contribution is -0.417. The van der Waals surface area contributed by atoms with Crippen LogP contribution in [-0.2, 0) is 0 Å². The average Bonchev–Trinajstić information content (AvgIpc) is 3.00. The molecule has 0 saturated heterocycles. The first kappa shape index (κ1) is 9.89.